The van der Waals surface area contributed by atoms with E-state index in [0.717, 1.165) is 11.6 Å². The van der Waals surface area contributed by atoms with Gasteiger partial charge in [0.15, 0.2) is 5.78 Å². The molecular formula is C16H11BrFNO. The smallest absolute Gasteiger partial charge is 0.184 e. The zero-order chi connectivity index (χ0) is 14.7. The molecule has 0 N–H and O–H groups in total. The summed E-state index contributed by atoms with van der Waals surface area (Å²) >= 11 is 3.04. The van der Waals surface area contributed by atoms with Gasteiger partial charge in [0.2, 0.25) is 0 Å². The average molecular weight is 332 g/mol. The van der Waals surface area contributed by atoms with E-state index >= 15 is 0 Å². The quantitative estimate of drug-likeness (QED) is 0.783. The standard InChI is InChI=1S/C16H11BrFNO/c1-10-3-2-4-11(7-10)13(9-19)16(20)12-5-6-14(17)15(18)8-12/h2-8,13H,1H3. The first-order valence-corrected chi connectivity index (χ1v) is 6.77. The molecule has 0 aliphatic carbocycles. The van der Waals surface area contributed by atoms with Gasteiger partial charge in [0.05, 0.1) is 10.5 Å². The van der Waals surface area contributed by atoms with Gasteiger partial charge in [-0.05, 0) is 40.5 Å². The predicted molar refractivity (Wildman–Crippen MR) is 78.0 cm³/mol. The molecule has 0 aliphatic rings. The van der Waals surface area contributed by atoms with Crippen molar-refractivity contribution in [1.82, 2.24) is 0 Å². The summed E-state index contributed by atoms with van der Waals surface area (Å²) in [6.07, 6.45) is 0. The number of nitriles is 1. The molecule has 0 saturated carbocycles. The number of carbonyl (C=O) groups excluding carboxylic acids is 1. The third-order valence-corrected chi connectivity index (χ3v) is 3.61. The molecule has 0 spiro atoms. The summed E-state index contributed by atoms with van der Waals surface area (Å²) in [5.41, 5.74) is 1.79. The van der Waals surface area contributed by atoms with E-state index in [1.165, 1.54) is 12.1 Å². The highest BCUT2D eigenvalue weighted by Gasteiger charge is 2.22. The van der Waals surface area contributed by atoms with Gasteiger partial charge in [-0.25, -0.2) is 4.39 Å². The Kier molecular flexibility index (Phi) is 4.31. The molecule has 4 heteroatoms. The predicted octanol–water partition coefficient (Wildman–Crippen LogP) is 4.39. The van der Waals surface area contributed by atoms with Crippen molar-refractivity contribution in [2.45, 2.75) is 12.8 Å². The Morgan fingerprint density at radius 3 is 2.65 bits per heavy atom. The fourth-order valence-electron chi connectivity index (χ4n) is 1.95. The van der Waals surface area contributed by atoms with Crippen LogP contribution in [-0.4, -0.2) is 5.78 Å². The largest absolute Gasteiger partial charge is 0.292 e. The number of ketones is 1. The Morgan fingerprint density at radius 2 is 2.05 bits per heavy atom. The number of Topliss-reactive ketones (excluding diaryl/α,β-unsaturated/α-hetero) is 1. The van der Waals surface area contributed by atoms with E-state index in [0.29, 0.717) is 5.56 Å². The van der Waals surface area contributed by atoms with Crippen LogP contribution in [0.3, 0.4) is 0 Å². The maximum Gasteiger partial charge on any atom is 0.184 e. The first kappa shape index (κ1) is 14.4. The average Bonchev–Trinajstić information content (AvgIpc) is 2.42. The van der Waals surface area contributed by atoms with Crippen molar-refractivity contribution < 1.29 is 9.18 Å². The number of carbonyl (C=O) groups is 1. The first-order chi connectivity index (χ1) is 9.52. The number of hydrogen-bond acceptors (Lipinski definition) is 2. The summed E-state index contributed by atoms with van der Waals surface area (Å²) in [6, 6.07) is 13.3. The summed E-state index contributed by atoms with van der Waals surface area (Å²) in [4.78, 5) is 12.3. The minimum Gasteiger partial charge on any atom is -0.292 e. The molecule has 0 aromatic heterocycles. The van der Waals surface area contributed by atoms with E-state index < -0.39 is 17.5 Å². The van der Waals surface area contributed by atoms with E-state index in [9.17, 15) is 14.4 Å². The third kappa shape index (κ3) is 2.94. The van der Waals surface area contributed by atoms with Gasteiger partial charge in [0.25, 0.3) is 0 Å². The molecule has 2 aromatic rings. The lowest BCUT2D eigenvalue weighted by atomic mass is 9.91. The molecule has 2 aromatic carbocycles. The van der Waals surface area contributed by atoms with Gasteiger partial charge in [0, 0.05) is 5.56 Å². The van der Waals surface area contributed by atoms with Crippen LogP contribution in [0.4, 0.5) is 4.39 Å². The minimum absolute atomic E-state index is 0.193. The van der Waals surface area contributed by atoms with Gasteiger partial charge < -0.3 is 0 Å². The molecule has 0 saturated heterocycles. The van der Waals surface area contributed by atoms with E-state index in [4.69, 9.17) is 0 Å². The van der Waals surface area contributed by atoms with E-state index in [1.807, 2.05) is 19.1 Å². The molecule has 20 heavy (non-hydrogen) atoms. The summed E-state index contributed by atoms with van der Waals surface area (Å²) in [5.74, 6) is -1.84. The number of nitrogens with zero attached hydrogens (tertiary/aromatic N) is 1. The van der Waals surface area contributed by atoms with Crippen LogP contribution >= 0.6 is 15.9 Å². The van der Waals surface area contributed by atoms with Crippen LogP contribution in [0.25, 0.3) is 0 Å². The third-order valence-electron chi connectivity index (χ3n) is 2.97. The summed E-state index contributed by atoms with van der Waals surface area (Å²) < 4.78 is 13.8. The fraction of sp³-hybridized carbons (Fsp3) is 0.125. The first-order valence-electron chi connectivity index (χ1n) is 5.98. The maximum absolute atomic E-state index is 13.5. The lowest BCUT2D eigenvalue weighted by Crippen LogP contribution is -2.11. The number of aryl methyl sites for hydroxylation is 1. The lowest BCUT2D eigenvalue weighted by molar-refractivity contribution is 0.0978. The zero-order valence-electron chi connectivity index (χ0n) is 10.7. The van der Waals surface area contributed by atoms with Gasteiger partial charge >= 0.3 is 0 Å². The summed E-state index contributed by atoms with van der Waals surface area (Å²) in [7, 11) is 0. The molecule has 0 fully saturated rings. The highest BCUT2D eigenvalue weighted by Crippen LogP contribution is 2.24. The van der Waals surface area contributed by atoms with Crippen LogP contribution in [0.1, 0.15) is 27.4 Å². The molecule has 1 unspecified atom stereocenters. The van der Waals surface area contributed by atoms with Crippen LogP contribution in [0.15, 0.2) is 46.9 Å². The van der Waals surface area contributed by atoms with E-state index in [2.05, 4.69) is 15.9 Å². The van der Waals surface area contributed by atoms with Crippen molar-refractivity contribution in [2.24, 2.45) is 0 Å². The Morgan fingerprint density at radius 1 is 1.30 bits per heavy atom. The molecule has 0 heterocycles. The molecule has 0 radical (unpaired) electrons. The van der Waals surface area contributed by atoms with E-state index in [-0.39, 0.29) is 10.0 Å². The summed E-state index contributed by atoms with van der Waals surface area (Å²) in [5, 5.41) is 9.25. The van der Waals surface area contributed by atoms with Crippen molar-refractivity contribution in [3.05, 3.63) is 69.4 Å². The van der Waals surface area contributed by atoms with Crippen LogP contribution in [0.2, 0.25) is 0 Å². The lowest BCUT2D eigenvalue weighted by Gasteiger charge is -2.10. The Labute approximate surface area is 125 Å². The summed E-state index contributed by atoms with van der Waals surface area (Å²) in [6.45, 7) is 1.89. The second kappa shape index (κ2) is 5.98. The molecular weight excluding hydrogens is 321 g/mol. The normalized spacial score (nSPS) is 11.7. The van der Waals surface area contributed by atoms with E-state index in [1.54, 1.807) is 18.2 Å². The highest BCUT2D eigenvalue weighted by molar-refractivity contribution is 9.10. The van der Waals surface area contributed by atoms with Crippen LogP contribution < -0.4 is 0 Å². The second-order valence-corrected chi connectivity index (χ2v) is 5.32. The SMILES string of the molecule is Cc1cccc(C(C#N)C(=O)c2ccc(Br)c(F)c2)c1. The van der Waals surface area contributed by atoms with Crippen LogP contribution in [0.5, 0.6) is 0 Å². The van der Waals surface area contributed by atoms with Crippen molar-refractivity contribution >= 4 is 21.7 Å². The van der Waals surface area contributed by atoms with Gasteiger partial charge in [0.1, 0.15) is 11.7 Å². The van der Waals surface area contributed by atoms with Crippen molar-refractivity contribution in [3.63, 3.8) is 0 Å². The molecule has 0 bridgehead atoms. The number of benzene rings is 2. The molecule has 100 valence electrons. The van der Waals surface area contributed by atoms with Crippen molar-refractivity contribution in [1.29, 1.82) is 5.26 Å². The monoisotopic (exact) mass is 331 g/mol. The van der Waals surface area contributed by atoms with Crippen molar-refractivity contribution in [3.8, 4) is 6.07 Å². The fourth-order valence-corrected chi connectivity index (χ4v) is 2.20. The number of rotatable bonds is 3. The Balaban J connectivity index is 2.39. The number of halogens is 2. The Bertz CT molecular complexity index is 706. The van der Waals surface area contributed by atoms with Gasteiger partial charge in [-0.3, -0.25) is 4.79 Å². The van der Waals surface area contributed by atoms with Gasteiger partial charge in [-0.15, -0.1) is 0 Å². The molecule has 2 nitrogen and oxygen atoms in total. The molecule has 0 aliphatic heterocycles. The van der Waals surface area contributed by atoms with Crippen LogP contribution in [-0.2, 0) is 0 Å². The Hall–Kier alpha value is -1.99. The highest BCUT2D eigenvalue weighted by atomic mass is 79.9. The maximum atomic E-state index is 13.5. The van der Waals surface area contributed by atoms with Gasteiger partial charge in [-0.1, -0.05) is 35.9 Å². The molecule has 2 rings (SSSR count). The molecule has 0 amide bonds. The topological polar surface area (TPSA) is 40.9 Å². The van der Waals surface area contributed by atoms with Crippen molar-refractivity contribution in [2.75, 3.05) is 0 Å². The number of hydrogen-bond donors (Lipinski definition) is 0. The molecule has 1 atom stereocenters. The second-order valence-electron chi connectivity index (χ2n) is 4.47. The zero-order valence-corrected chi connectivity index (χ0v) is 12.3. The van der Waals surface area contributed by atoms with Gasteiger partial charge in [-0.2, -0.15) is 5.26 Å². The van der Waals surface area contributed by atoms with Crippen LogP contribution in [0, 0.1) is 24.1 Å². The minimum atomic E-state index is -0.921.